The highest BCUT2D eigenvalue weighted by Gasteiger charge is 2.41. The van der Waals surface area contributed by atoms with Gasteiger partial charge in [0.05, 0.1) is 5.60 Å². The Morgan fingerprint density at radius 1 is 1.05 bits per heavy atom. The fraction of sp³-hybridized carbons (Fsp3) is 0.684. The van der Waals surface area contributed by atoms with Crippen LogP contribution in [0.15, 0.2) is 24.3 Å². The van der Waals surface area contributed by atoms with Gasteiger partial charge >= 0.3 is 0 Å². The van der Waals surface area contributed by atoms with Gasteiger partial charge in [0.15, 0.2) is 0 Å². The first-order valence-electron chi connectivity index (χ1n) is 8.80. The van der Waals surface area contributed by atoms with Gasteiger partial charge in [0.1, 0.15) is 0 Å². The number of hydrogen-bond donors (Lipinski definition) is 1. The van der Waals surface area contributed by atoms with Crippen molar-refractivity contribution in [1.82, 2.24) is 0 Å². The standard InChI is InChI=1S/C19H27NO/c1-4-9-19(10-5-1)13-16(8-11-21-19)17-12-15-6-2-3-7-18(15)20-14-17/h2-3,6-7,16-17,20H,1,4-5,8-14H2. The molecule has 21 heavy (non-hydrogen) atoms. The zero-order valence-corrected chi connectivity index (χ0v) is 12.9. The highest BCUT2D eigenvalue weighted by atomic mass is 16.5. The lowest BCUT2D eigenvalue weighted by Gasteiger charge is -2.46. The van der Waals surface area contributed by atoms with E-state index in [2.05, 4.69) is 29.6 Å². The summed E-state index contributed by atoms with van der Waals surface area (Å²) in [6, 6.07) is 8.83. The molecule has 1 aliphatic carbocycles. The zero-order chi connectivity index (χ0) is 14.1. The van der Waals surface area contributed by atoms with Gasteiger partial charge in [-0.1, -0.05) is 37.5 Å². The van der Waals surface area contributed by atoms with E-state index < -0.39 is 0 Å². The van der Waals surface area contributed by atoms with Crippen molar-refractivity contribution >= 4 is 5.69 Å². The molecule has 1 saturated carbocycles. The minimum absolute atomic E-state index is 0.248. The molecule has 0 bridgehead atoms. The summed E-state index contributed by atoms with van der Waals surface area (Å²) >= 11 is 0. The minimum Gasteiger partial charge on any atom is -0.385 e. The molecule has 1 aromatic carbocycles. The van der Waals surface area contributed by atoms with Crippen LogP contribution in [0.5, 0.6) is 0 Å². The van der Waals surface area contributed by atoms with E-state index >= 15 is 0 Å². The molecule has 114 valence electrons. The van der Waals surface area contributed by atoms with E-state index in [9.17, 15) is 0 Å². The van der Waals surface area contributed by atoms with E-state index in [1.807, 2.05) is 0 Å². The molecule has 2 aliphatic heterocycles. The molecule has 2 nitrogen and oxygen atoms in total. The van der Waals surface area contributed by atoms with Crippen LogP contribution in [0.1, 0.15) is 50.5 Å². The molecular formula is C19H27NO. The summed E-state index contributed by atoms with van der Waals surface area (Å²) in [7, 11) is 0. The van der Waals surface area contributed by atoms with Crippen molar-refractivity contribution in [2.24, 2.45) is 11.8 Å². The largest absolute Gasteiger partial charge is 0.385 e. The van der Waals surface area contributed by atoms with Crippen molar-refractivity contribution in [3.8, 4) is 0 Å². The number of nitrogens with one attached hydrogen (secondary N) is 1. The molecule has 1 N–H and O–H groups in total. The van der Waals surface area contributed by atoms with Gasteiger partial charge < -0.3 is 10.1 Å². The van der Waals surface area contributed by atoms with E-state index in [4.69, 9.17) is 4.74 Å². The second-order valence-electron chi connectivity index (χ2n) is 7.35. The molecule has 2 atom stereocenters. The van der Waals surface area contributed by atoms with Crippen LogP contribution >= 0.6 is 0 Å². The van der Waals surface area contributed by atoms with E-state index in [1.165, 1.54) is 62.6 Å². The fourth-order valence-corrected chi connectivity index (χ4v) is 4.81. The second-order valence-corrected chi connectivity index (χ2v) is 7.35. The van der Waals surface area contributed by atoms with Crippen molar-refractivity contribution in [2.45, 2.75) is 57.0 Å². The summed E-state index contributed by atoms with van der Waals surface area (Å²) in [5.41, 5.74) is 3.11. The Labute approximate surface area is 128 Å². The third kappa shape index (κ3) is 2.70. The molecule has 1 spiro atoms. The SMILES string of the molecule is c1ccc2c(c1)CC(C1CCOC3(CCCCC3)C1)CN2. The molecule has 2 heterocycles. The Hall–Kier alpha value is -1.02. The first kappa shape index (κ1) is 13.6. The fourth-order valence-electron chi connectivity index (χ4n) is 4.81. The normalized spacial score (nSPS) is 31.4. The van der Waals surface area contributed by atoms with E-state index in [-0.39, 0.29) is 5.60 Å². The van der Waals surface area contributed by atoms with Gasteiger partial charge in [-0.3, -0.25) is 0 Å². The topological polar surface area (TPSA) is 21.3 Å². The third-order valence-electron chi connectivity index (χ3n) is 6.02. The predicted molar refractivity (Wildman–Crippen MR) is 86.6 cm³/mol. The molecule has 1 saturated heterocycles. The van der Waals surface area contributed by atoms with Gasteiger partial charge in [0.2, 0.25) is 0 Å². The first-order chi connectivity index (χ1) is 10.3. The smallest absolute Gasteiger partial charge is 0.0685 e. The Morgan fingerprint density at radius 2 is 1.90 bits per heavy atom. The van der Waals surface area contributed by atoms with Gasteiger partial charge in [0, 0.05) is 18.8 Å². The van der Waals surface area contributed by atoms with Gasteiger partial charge in [-0.15, -0.1) is 0 Å². The maximum absolute atomic E-state index is 6.28. The number of fused-ring (bicyclic) bond motifs is 1. The number of rotatable bonds is 1. The van der Waals surface area contributed by atoms with Gasteiger partial charge in [-0.2, -0.15) is 0 Å². The van der Waals surface area contributed by atoms with Crippen LogP contribution in [0, 0.1) is 11.8 Å². The second kappa shape index (κ2) is 5.64. The van der Waals surface area contributed by atoms with Crippen LogP contribution < -0.4 is 5.32 Å². The summed E-state index contributed by atoms with van der Waals surface area (Å²) < 4.78 is 6.28. The summed E-state index contributed by atoms with van der Waals surface area (Å²) in [5.74, 6) is 1.64. The van der Waals surface area contributed by atoms with Crippen LogP contribution in [0.2, 0.25) is 0 Å². The molecule has 2 fully saturated rings. The molecule has 0 aromatic heterocycles. The van der Waals surface area contributed by atoms with Gasteiger partial charge in [-0.25, -0.2) is 0 Å². The quantitative estimate of drug-likeness (QED) is 0.825. The number of ether oxygens (including phenoxy) is 1. The number of benzene rings is 1. The van der Waals surface area contributed by atoms with Crippen LogP contribution in [-0.4, -0.2) is 18.8 Å². The Balaban J connectivity index is 1.47. The van der Waals surface area contributed by atoms with Crippen molar-refractivity contribution in [1.29, 1.82) is 0 Å². The number of para-hydroxylation sites is 1. The van der Waals surface area contributed by atoms with Crippen molar-refractivity contribution in [2.75, 3.05) is 18.5 Å². The lowest BCUT2D eigenvalue weighted by atomic mass is 9.70. The average Bonchev–Trinajstić information content (AvgIpc) is 2.55. The highest BCUT2D eigenvalue weighted by molar-refractivity contribution is 5.53. The molecule has 2 unspecified atom stereocenters. The Morgan fingerprint density at radius 3 is 2.81 bits per heavy atom. The zero-order valence-electron chi connectivity index (χ0n) is 12.9. The van der Waals surface area contributed by atoms with Gasteiger partial charge in [-0.05, 0) is 55.6 Å². The molecule has 0 radical (unpaired) electrons. The average molecular weight is 285 g/mol. The monoisotopic (exact) mass is 285 g/mol. The van der Waals surface area contributed by atoms with E-state index in [0.29, 0.717) is 0 Å². The van der Waals surface area contributed by atoms with Gasteiger partial charge in [0.25, 0.3) is 0 Å². The molecule has 3 aliphatic rings. The maximum Gasteiger partial charge on any atom is 0.0685 e. The van der Waals surface area contributed by atoms with Crippen molar-refractivity contribution < 1.29 is 4.74 Å². The highest BCUT2D eigenvalue weighted by Crippen LogP contribution is 2.44. The molecule has 1 aromatic rings. The van der Waals surface area contributed by atoms with E-state index in [0.717, 1.165) is 25.0 Å². The van der Waals surface area contributed by atoms with Crippen molar-refractivity contribution in [3.63, 3.8) is 0 Å². The lowest BCUT2D eigenvalue weighted by Crippen LogP contribution is -2.45. The third-order valence-corrected chi connectivity index (χ3v) is 6.02. The number of anilines is 1. The molecular weight excluding hydrogens is 258 g/mol. The molecule has 2 heteroatoms. The summed E-state index contributed by atoms with van der Waals surface area (Å²) in [5, 5.41) is 3.66. The molecule has 0 amide bonds. The summed E-state index contributed by atoms with van der Waals surface area (Å²) in [6.45, 7) is 2.14. The summed E-state index contributed by atoms with van der Waals surface area (Å²) in [4.78, 5) is 0. The number of hydrogen-bond acceptors (Lipinski definition) is 2. The molecule has 4 rings (SSSR count). The Bertz CT molecular complexity index is 487. The van der Waals surface area contributed by atoms with Crippen molar-refractivity contribution in [3.05, 3.63) is 29.8 Å². The van der Waals surface area contributed by atoms with E-state index in [1.54, 1.807) is 0 Å². The Kier molecular flexibility index (Phi) is 3.66. The summed E-state index contributed by atoms with van der Waals surface area (Å²) in [6.07, 6.45) is 10.6. The first-order valence-corrected chi connectivity index (χ1v) is 8.80. The van der Waals surface area contributed by atoms with Crippen LogP contribution in [0.4, 0.5) is 5.69 Å². The predicted octanol–water partition coefficient (Wildman–Crippen LogP) is 4.40. The van der Waals surface area contributed by atoms with Crippen LogP contribution in [-0.2, 0) is 11.2 Å². The van der Waals surface area contributed by atoms with Crippen LogP contribution in [0.25, 0.3) is 0 Å². The van der Waals surface area contributed by atoms with Crippen LogP contribution in [0.3, 0.4) is 0 Å². The minimum atomic E-state index is 0.248. The maximum atomic E-state index is 6.28. The lowest BCUT2D eigenvalue weighted by molar-refractivity contribution is -0.124.